The largest absolute Gasteiger partial charge is 0.385 e. The standard InChI is InChI=1S/C13H22O/c1-11-7-6-10-13(11,14)12-8-4-2-3-5-9-12/h8,11,14H,2-7,9-10H2,1H3. The van der Waals surface area contributed by atoms with E-state index >= 15 is 0 Å². The molecule has 2 rings (SSSR count). The first-order valence-electron chi connectivity index (χ1n) is 6.15. The predicted octanol–water partition coefficient (Wildman–Crippen LogP) is 3.43. The maximum Gasteiger partial charge on any atom is 0.0882 e. The third-order valence-electron chi connectivity index (χ3n) is 4.11. The number of allylic oxidation sites excluding steroid dienone is 1. The molecule has 2 aliphatic rings. The number of hydrogen-bond donors (Lipinski definition) is 1. The van der Waals surface area contributed by atoms with E-state index in [0.717, 1.165) is 12.8 Å². The summed E-state index contributed by atoms with van der Waals surface area (Å²) in [6.45, 7) is 2.21. The molecule has 0 aromatic carbocycles. The van der Waals surface area contributed by atoms with Crippen molar-refractivity contribution >= 4 is 0 Å². The second kappa shape index (κ2) is 4.06. The Morgan fingerprint density at radius 3 is 2.86 bits per heavy atom. The van der Waals surface area contributed by atoms with Crippen LogP contribution in [-0.4, -0.2) is 10.7 Å². The molecule has 0 aliphatic heterocycles. The molecule has 1 heteroatoms. The van der Waals surface area contributed by atoms with E-state index in [2.05, 4.69) is 13.0 Å². The Morgan fingerprint density at radius 2 is 2.14 bits per heavy atom. The summed E-state index contributed by atoms with van der Waals surface area (Å²) in [4.78, 5) is 0. The Morgan fingerprint density at radius 1 is 1.29 bits per heavy atom. The van der Waals surface area contributed by atoms with Crippen LogP contribution < -0.4 is 0 Å². The molecule has 0 heterocycles. The zero-order valence-electron chi connectivity index (χ0n) is 9.26. The van der Waals surface area contributed by atoms with Gasteiger partial charge in [-0.25, -0.2) is 0 Å². The molecule has 0 aromatic heterocycles. The van der Waals surface area contributed by atoms with Gasteiger partial charge in [0.25, 0.3) is 0 Å². The van der Waals surface area contributed by atoms with Crippen LogP contribution in [0.25, 0.3) is 0 Å². The summed E-state index contributed by atoms with van der Waals surface area (Å²) >= 11 is 0. The molecule has 14 heavy (non-hydrogen) atoms. The lowest BCUT2D eigenvalue weighted by Crippen LogP contribution is -2.33. The lowest BCUT2D eigenvalue weighted by atomic mass is 9.82. The van der Waals surface area contributed by atoms with Crippen LogP contribution >= 0.6 is 0 Å². The summed E-state index contributed by atoms with van der Waals surface area (Å²) in [5.41, 5.74) is 0.935. The predicted molar refractivity (Wildman–Crippen MR) is 59.1 cm³/mol. The van der Waals surface area contributed by atoms with Gasteiger partial charge < -0.3 is 5.11 Å². The van der Waals surface area contributed by atoms with Gasteiger partial charge in [0.1, 0.15) is 0 Å². The molecule has 0 spiro atoms. The molecular formula is C13H22O. The smallest absolute Gasteiger partial charge is 0.0882 e. The molecule has 2 unspecified atom stereocenters. The third-order valence-corrected chi connectivity index (χ3v) is 4.11. The Kier molecular flexibility index (Phi) is 2.96. The van der Waals surface area contributed by atoms with E-state index in [-0.39, 0.29) is 0 Å². The quantitative estimate of drug-likeness (QED) is 0.634. The van der Waals surface area contributed by atoms with E-state index in [1.807, 2.05) is 0 Å². The Hall–Kier alpha value is -0.300. The van der Waals surface area contributed by atoms with Crippen LogP contribution in [0.2, 0.25) is 0 Å². The zero-order chi connectivity index (χ0) is 10.0. The Bertz CT molecular complexity index is 231. The highest BCUT2D eigenvalue weighted by Gasteiger charge is 2.40. The van der Waals surface area contributed by atoms with Crippen molar-refractivity contribution in [2.45, 2.75) is 63.9 Å². The van der Waals surface area contributed by atoms with E-state index in [4.69, 9.17) is 0 Å². The molecule has 1 N–H and O–H groups in total. The molecule has 0 bridgehead atoms. The maximum absolute atomic E-state index is 10.6. The topological polar surface area (TPSA) is 20.2 Å². The van der Waals surface area contributed by atoms with Gasteiger partial charge in [0.2, 0.25) is 0 Å². The van der Waals surface area contributed by atoms with Crippen molar-refractivity contribution in [1.29, 1.82) is 0 Å². The molecule has 1 nitrogen and oxygen atoms in total. The van der Waals surface area contributed by atoms with E-state index < -0.39 is 5.60 Å². The van der Waals surface area contributed by atoms with Crippen molar-refractivity contribution in [3.05, 3.63) is 11.6 Å². The lowest BCUT2D eigenvalue weighted by molar-refractivity contribution is 0.0427. The summed E-state index contributed by atoms with van der Waals surface area (Å²) in [5, 5.41) is 10.6. The monoisotopic (exact) mass is 194 g/mol. The average molecular weight is 194 g/mol. The molecule has 1 saturated carbocycles. The zero-order valence-corrected chi connectivity index (χ0v) is 9.26. The number of aliphatic hydroxyl groups is 1. The first kappa shape index (κ1) is 10.2. The number of hydrogen-bond acceptors (Lipinski definition) is 1. The van der Waals surface area contributed by atoms with Gasteiger partial charge in [0, 0.05) is 0 Å². The molecule has 80 valence electrons. The minimum Gasteiger partial charge on any atom is -0.385 e. The van der Waals surface area contributed by atoms with Crippen LogP contribution in [0.15, 0.2) is 11.6 Å². The van der Waals surface area contributed by atoms with Crippen molar-refractivity contribution in [2.75, 3.05) is 0 Å². The van der Waals surface area contributed by atoms with Crippen LogP contribution in [0.3, 0.4) is 0 Å². The molecule has 0 saturated heterocycles. The molecule has 0 radical (unpaired) electrons. The highest BCUT2D eigenvalue weighted by Crippen LogP contribution is 2.43. The van der Waals surface area contributed by atoms with Crippen LogP contribution in [0.4, 0.5) is 0 Å². The summed E-state index contributed by atoms with van der Waals surface area (Å²) in [7, 11) is 0. The fraction of sp³-hybridized carbons (Fsp3) is 0.846. The summed E-state index contributed by atoms with van der Waals surface area (Å²) in [5.74, 6) is 0.479. The molecular weight excluding hydrogens is 172 g/mol. The van der Waals surface area contributed by atoms with Crippen molar-refractivity contribution in [2.24, 2.45) is 5.92 Å². The third kappa shape index (κ3) is 1.75. The van der Waals surface area contributed by atoms with Gasteiger partial charge in [-0.3, -0.25) is 0 Å². The van der Waals surface area contributed by atoms with Gasteiger partial charge in [0.05, 0.1) is 5.60 Å². The first-order valence-corrected chi connectivity index (χ1v) is 6.15. The minimum absolute atomic E-state index is 0.426. The SMILES string of the molecule is CC1CCCC1(O)C1=CCCCCC1. The van der Waals surface area contributed by atoms with Crippen LogP contribution in [0.5, 0.6) is 0 Å². The van der Waals surface area contributed by atoms with Gasteiger partial charge >= 0.3 is 0 Å². The van der Waals surface area contributed by atoms with Crippen LogP contribution in [-0.2, 0) is 0 Å². The van der Waals surface area contributed by atoms with Crippen molar-refractivity contribution in [1.82, 2.24) is 0 Å². The Labute approximate surface area is 87.2 Å². The maximum atomic E-state index is 10.6. The normalized spacial score (nSPS) is 39.3. The molecule has 0 amide bonds. The summed E-state index contributed by atoms with van der Waals surface area (Å²) in [6, 6.07) is 0. The van der Waals surface area contributed by atoms with Gasteiger partial charge in [-0.1, -0.05) is 19.4 Å². The highest BCUT2D eigenvalue weighted by molar-refractivity contribution is 5.21. The Balaban J connectivity index is 2.15. The van der Waals surface area contributed by atoms with Crippen LogP contribution in [0.1, 0.15) is 58.3 Å². The summed E-state index contributed by atoms with van der Waals surface area (Å²) < 4.78 is 0. The fourth-order valence-electron chi connectivity index (χ4n) is 3.05. The molecule has 2 atom stereocenters. The lowest BCUT2D eigenvalue weighted by Gasteiger charge is -2.30. The second-order valence-corrected chi connectivity index (χ2v) is 5.05. The minimum atomic E-state index is -0.426. The van der Waals surface area contributed by atoms with Gasteiger partial charge in [0.15, 0.2) is 0 Å². The molecule has 0 aromatic rings. The van der Waals surface area contributed by atoms with E-state index in [0.29, 0.717) is 5.92 Å². The van der Waals surface area contributed by atoms with Crippen molar-refractivity contribution in [3.63, 3.8) is 0 Å². The van der Waals surface area contributed by atoms with Crippen molar-refractivity contribution in [3.8, 4) is 0 Å². The number of rotatable bonds is 1. The van der Waals surface area contributed by atoms with E-state index in [9.17, 15) is 5.11 Å². The van der Waals surface area contributed by atoms with E-state index in [1.165, 1.54) is 44.1 Å². The first-order chi connectivity index (χ1) is 6.73. The molecule has 1 fully saturated rings. The van der Waals surface area contributed by atoms with E-state index in [1.54, 1.807) is 0 Å². The highest BCUT2D eigenvalue weighted by atomic mass is 16.3. The van der Waals surface area contributed by atoms with Crippen LogP contribution in [0, 0.1) is 5.92 Å². The fourth-order valence-corrected chi connectivity index (χ4v) is 3.05. The summed E-state index contributed by atoms with van der Waals surface area (Å²) in [6.07, 6.45) is 12.0. The van der Waals surface area contributed by atoms with Gasteiger partial charge in [-0.2, -0.15) is 0 Å². The second-order valence-electron chi connectivity index (χ2n) is 5.05. The van der Waals surface area contributed by atoms with Gasteiger partial charge in [-0.15, -0.1) is 0 Å². The average Bonchev–Trinajstić information content (AvgIpc) is 2.47. The van der Waals surface area contributed by atoms with Crippen molar-refractivity contribution < 1.29 is 5.11 Å². The molecule has 2 aliphatic carbocycles. The van der Waals surface area contributed by atoms with Gasteiger partial charge in [-0.05, 0) is 56.4 Å².